The summed E-state index contributed by atoms with van der Waals surface area (Å²) in [7, 11) is -4.02. The van der Waals surface area contributed by atoms with Gasteiger partial charge in [-0.15, -0.1) is 0 Å². The summed E-state index contributed by atoms with van der Waals surface area (Å²) in [6.07, 6.45) is 0.939. The lowest BCUT2D eigenvalue weighted by Crippen LogP contribution is -2.56. The first-order valence-electron chi connectivity index (χ1n) is 9.89. The number of hydrogen-bond acceptors (Lipinski definition) is 7. The number of aryl methyl sites for hydroxylation is 1. The van der Waals surface area contributed by atoms with Gasteiger partial charge in [0.2, 0.25) is 0 Å². The number of amidine groups is 1. The van der Waals surface area contributed by atoms with Crippen LogP contribution < -0.4 is 15.8 Å². The van der Waals surface area contributed by atoms with Crippen LogP contribution in [0.25, 0.3) is 0 Å². The highest BCUT2D eigenvalue weighted by molar-refractivity contribution is 7.93. The van der Waals surface area contributed by atoms with Gasteiger partial charge in [-0.1, -0.05) is 0 Å². The van der Waals surface area contributed by atoms with Crippen molar-refractivity contribution in [1.29, 1.82) is 0 Å². The van der Waals surface area contributed by atoms with Crippen LogP contribution in [0.3, 0.4) is 0 Å². The van der Waals surface area contributed by atoms with Crippen molar-refractivity contribution in [2.75, 3.05) is 17.7 Å². The molecule has 1 amide bonds. The van der Waals surface area contributed by atoms with E-state index in [1.165, 1.54) is 32.9 Å². The number of anilines is 1. The Hall–Kier alpha value is -3.22. The molecule has 1 unspecified atom stereocenters. The van der Waals surface area contributed by atoms with Crippen molar-refractivity contribution in [2.24, 2.45) is 10.7 Å². The van der Waals surface area contributed by atoms with Crippen LogP contribution in [0.5, 0.6) is 5.75 Å². The molecule has 184 valence electrons. The number of benzene rings is 1. The van der Waals surface area contributed by atoms with Gasteiger partial charge >= 0.3 is 6.61 Å². The van der Waals surface area contributed by atoms with Gasteiger partial charge in [-0.25, -0.2) is 22.2 Å². The number of aromatic nitrogens is 1. The van der Waals surface area contributed by atoms with Gasteiger partial charge in [-0.3, -0.25) is 9.79 Å². The number of rotatable bonds is 6. The molecule has 0 spiro atoms. The van der Waals surface area contributed by atoms with E-state index in [0.717, 1.165) is 18.3 Å². The first-order valence-corrected chi connectivity index (χ1v) is 11.5. The van der Waals surface area contributed by atoms with Crippen LogP contribution in [-0.2, 0) is 15.4 Å². The molecule has 0 aliphatic carbocycles. The Morgan fingerprint density at radius 3 is 2.53 bits per heavy atom. The third-order valence-electron chi connectivity index (χ3n) is 5.60. The number of amides is 1. The maximum absolute atomic E-state index is 14.8. The van der Waals surface area contributed by atoms with E-state index in [1.54, 1.807) is 0 Å². The predicted octanol–water partition coefficient (Wildman–Crippen LogP) is 3.11. The summed E-state index contributed by atoms with van der Waals surface area (Å²) < 4.78 is 81.9. The minimum atomic E-state index is -4.02. The molecule has 0 bridgehead atoms. The number of nitrogens with one attached hydrogen (secondary N) is 1. The maximum Gasteiger partial charge on any atom is 0.387 e. The second kappa shape index (κ2) is 8.85. The maximum atomic E-state index is 14.8. The smallest absolute Gasteiger partial charge is 0.387 e. The SMILES string of the molecule is Cc1cc(OC(F)F)cnc1C(=O)Nc1ccc(F)c(C2(CF)CS(=O)(=O)C(C)(C)C(N)=N2)c1. The fraction of sp³-hybridized carbons (Fsp3) is 0.381. The summed E-state index contributed by atoms with van der Waals surface area (Å²) in [5.74, 6) is -3.14. The summed E-state index contributed by atoms with van der Waals surface area (Å²) >= 11 is 0. The Kier molecular flexibility index (Phi) is 6.62. The summed E-state index contributed by atoms with van der Waals surface area (Å²) in [4.78, 5) is 20.5. The van der Waals surface area contributed by atoms with Crippen molar-refractivity contribution in [2.45, 2.75) is 37.7 Å². The van der Waals surface area contributed by atoms with E-state index in [-0.39, 0.29) is 28.5 Å². The van der Waals surface area contributed by atoms with E-state index < -0.39 is 56.5 Å². The van der Waals surface area contributed by atoms with Gasteiger partial charge in [0.15, 0.2) is 9.84 Å². The zero-order chi connectivity index (χ0) is 25.5. The topological polar surface area (TPSA) is 124 Å². The van der Waals surface area contributed by atoms with Crippen LogP contribution in [0, 0.1) is 12.7 Å². The summed E-state index contributed by atoms with van der Waals surface area (Å²) in [6.45, 7) is -0.330. The molecule has 3 N–H and O–H groups in total. The molecular formula is C21H22F4N4O4S. The fourth-order valence-corrected chi connectivity index (χ4v) is 5.08. The molecule has 1 aromatic heterocycles. The molecular weight excluding hydrogens is 480 g/mol. The minimum Gasteiger partial charge on any atom is -0.433 e. The van der Waals surface area contributed by atoms with Crippen LogP contribution in [0.1, 0.15) is 35.5 Å². The number of hydrogen-bond donors (Lipinski definition) is 2. The van der Waals surface area contributed by atoms with Gasteiger partial charge in [0.05, 0.1) is 11.9 Å². The van der Waals surface area contributed by atoms with Crippen molar-refractivity contribution in [1.82, 2.24) is 4.98 Å². The number of halogens is 4. The van der Waals surface area contributed by atoms with Crippen molar-refractivity contribution >= 4 is 27.3 Å². The van der Waals surface area contributed by atoms with Crippen LogP contribution in [0.4, 0.5) is 23.2 Å². The van der Waals surface area contributed by atoms with Crippen molar-refractivity contribution < 1.29 is 35.5 Å². The van der Waals surface area contributed by atoms with Gasteiger partial charge < -0.3 is 15.8 Å². The van der Waals surface area contributed by atoms with Crippen LogP contribution >= 0.6 is 0 Å². The molecule has 0 saturated carbocycles. The summed E-state index contributed by atoms with van der Waals surface area (Å²) in [5.41, 5.74) is 3.38. The number of nitrogens with two attached hydrogens (primary N) is 1. The van der Waals surface area contributed by atoms with Crippen LogP contribution in [0.15, 0.2) is 35.5 Å². The van der Waals surface area contributed by atoms with Gasteiger partial charge in [0.25, 0.3) is 5.91 Å². The highest BCUT2D eigenvalue weighted by Crippen LogP contribution is 2.39. The van der Waals surface area contributed by atoms with Gasteiger partial charge in [-0.2, -0.15) is 8.78 Å². The first kappa shape index (κ1) is 25.4. The third kappa shape index (κ3) is 4.56. The Bertz CT molecular complexity index is 1270. The fourth-order valence-electron chi connectivity index (χ4n) is 3.43. The highest BCUT2D eigenvalue weighted by atomic mass is 32.2. The van der Waals surface area contributed by atoms with Crippen LogP contribution in [0.2, 0.25) is 0 Å². The lowest BCUT2D eigenvalue weighted by Gasteiger charge is -2.38. The standard InChI is InChI=1S/C21H22F4N4O4S/c1-11-6-13(33-19(24)25)8-27-16(11)17(30)28-12-4-5-15(23)14(7-12)21(9-22)10-34(31,32)20(2,3)18(26)29-21/h4-8,19H,9-10H2,1-3H3,(H2,26,29)(H,28,30). The Morgan fingerprint density at radius 2 is 1.97 bits per heavy atom. The summed E-state index contributed by atoms with van der Waals surface area (Å²) in [6, 6.07) is 4.37. The number of aliphatic imine (C=N–C) groups is 1. The molecule has 13 heteroatoms. The number of sulfone groups is 1. The van der Waals surface area contributed by atoms with Gasteiger partial charge in [0, 0.05) is 11.3 Å². The molecule has 1 aromatic carbocycles. The second-order valence-corrected chi connectivity index (χ2v) is 10.8. The molecule has 8 nitrogen and oxygen atoms in total. The molecule has 0 saturated heterocycles. The Balaban J connectivity index is 1.97. The molecule has 2 aromatic rings. The van der Waals surface area contributed by atoms with E-state index in [1.807, 2.05) is 0 Å². The van der Waals surface area contributed by atoms with E-state index in [0.29, 0.717) is 0 Å². The Morgan fingerprint density at radius 1 is 1.29 bits per heavy atom. The highest BCUT2D eigenvalue weighted by Gasteiger charge is 2.52. The molecule has 0 fully saturated rings. The zero-order valence-corrected chi connectivity index (χ0v) is 19.2. The van der Waals surface area contributed by atoms with Crippen molar-refractivity contribution in [3.05, 3.63) is 53.1 Å². The lowest BCUT2D eigenvalue weighted by molar-refractivity contribution is -0.0501. The zero-order valence-electron chi connectivity index (χ0n) is 18.4. The normalized spacial score (nSPS) is 21.1. The number of pyridine rings is 1. The predicted molar refractivity (Wildman–Crippen MR) is 117 cm³/mol. The molecule has 3 rings (SSSR count). The number of alkyl halides is 3. The monoisotopic (exact) mass is 502 g/mol. The van der Waals surface area contributed by atoms with Gasteiger partial charge in [-0.05, 0) is 50.6 Å². The van der Waals surface area contributed by atoms with E-state index in [9.17, 15) is 30.8 Å². The quantitative estimate of drug-likeness (QED) is 0.585. The van der Waals surface area contributed by atoms with E-state index in [2.05, 4.69) is 20.0 Å². The van der Waals surface area contributed by atoms with Gasteiger partial charge in [0.1, 0.15) is 40.1 Å². The minimum absolute atomic E-state index is 0.000616. The molecule has 1 aliphatic heterocycles. The average molecular weight is 502 g/mol. The average Bonchev–Trinajstić information content (AvgIpc) is 2.72. The number of ether oxygens (including phenoxy) is 1. The molecule has 0 radical (unpaired) electrons. The molecule has 1 atom stereocenters. The van der Waals surface area contributed by atoms with E-state index in [4.69, 9.17) is 5.73 Å². The van der Waals surface area contributed by atoms with E-state index >= 15 is 0 Å². The van der Waals surface area contributed by atoms with Crippen LogP contribution in [-0.4, -0.2) is 48.9 Å². The number of carbonyl (C=O) groups is 1. The van der Waals surface area contributed by atoms with Crippen molar-refractivity contribution in [3.8, 4) is 5.75 Å². The third-order valence-corrected chi connectivity index (χ3v) is 8.22. The number of nitrogens with zero attached hydrogens (tertiary/aromatic N) is 2. The molecule has 1 aliphatic rings. The first-order chi connectivity index (χ1) is 15.7. The second-order valence-electron chi connectivity index (χ2n) is 8.30. The number of carbonyl (C=O) groups excluding carboxylic acids is 1. The largest absolute Gasteiger partial charge is 0.433 e. The Labute approximate surface area is 193 Å². The summed E-state index contributed by atoms with van der Waals surface area (Å²) in [5, 5.41) is 2.45. The molecule has 2 heterocycles. The molecule has 34 heavy (non-hydrogen) atoms. The van der Waals surface area contributed by atoms with Crippen molar-refractivity contribution in [3.63, 3.8) is 0 Å². The lowest BCUT2D eigenvalue weighted by atomic mass is 9.92.